The maximum Gasteiger partial charge on any atom is 0.274 e. The fourth-order valence-corrected chi connectivity index (χ4v) is 6.50. The molecule has 3 atom stereocenters. The highest BCUT2D eigenvalue weighted by Crippen LogP contribution is 2.32. The van der Waals surface area contributed by atoms with Gasteiger partial charge in [-0.15, -0.1) is 0 Å². The first-order valence-electron chi connectivity index (χ1n) is 13.7. The number of carbonyl (C=O) groups is 1. The van der Waals surface area contributed by atoms with Gasteiger partial charge in [0.1, 0.15) is 0 Å². The number of anilines is 1. The Hall–Kier alpha value is -2.38. The van der Waals surface area contributed by atoms with Crippen molar-refractivity contribution in [1.29, 1.82) is 0 Å². The molecule has 36 heavy (non-hydrogen) atoms. The Morgan fingerprint density at radius 3 is 2.56 bits per heavy atom. The maximum absolute atomic E-state index is 13.5. The largest absolute Gasteiger partial charge is 0.379 e. The molecule has 0 saturated carbocycles. The van der Waals surface area contributed by atoms with E-state index in [-0.39, 0.29) is 24.2 Å². The van der Waals surface area contributed by atoms with Crippen LogP contribution in [0.4, 0.5) is 5.69 Å². The van der Waals surface area contributed by atoms with Crippen LogP contribution in [0.3, 0.4) is 0 Å². The lowest BCUT2D eigenvalue weighted by Gasteiger charge is -2.37. The Labute approximate surface area is 215 Å². The quantitative estimate of drug-likeness (QED) is 0.603. The minimum Gasteiger partial charge on any atom is -0.379 e. The number of nitrogens with zero attached hydrogens (tertiary/aromatic N) is 4. The lowest BCUT2D eigenvalue weighted by Crippen LogP contribution is -2.48. The van der Waals surface area contributed by atoms with Gasteiger partial charge in [0.05, 0.1) is 24.9 Å². The molecule has 0 radical (unpaired) electrons. The number of amides is 1. The van der Waals surface area contributed by atoms with Gasteiger partial charge in [-0.2, -0.15) is 5.10 Å². The van der Waals surface area contributed by atoms with E-state index in [0.717, 1.165) is 57.3 Å². The van der Waals surface area contributed by atoms with Gasteiger partial charge in [0.2, 0.25) is 0 Å². The first kappa shape index (κ1) is 25.3. The molecule has 2 fully saturated rings. The fraction of sp³-hybridized carbons (Fsp3) is 0.655. The summed E-state index contributed by atoms with van der Waals surface area (Å²) in [4.78, 5) is 18.0. The van der Waals surface area contributed by atoms with Crippen molar-refractivity contribution in [2.75, 3.05) is 38.2 Å². The lowest BCUT2D eigenvalue weighted by molar-refractivity contribution is -0.0587. The molecule has 2 aliphatic heterocycles. The van der Waals surface area contributed by atoms with E-state index in [0.29, 0.717) is 24.7 Å². The normalized spacial score (nSPS) is 23.7. The molecule has 2 aromatic rings. The Morgan fingerprint density at radius 1 is 1.14 bits per heavy atom. The monoisotopic (exact) mass is 494 g/mol. The van der Waals surface area contributed by atoms with Crippen LogP contribution in [0.1, 0.15) is 66.0 Å². The highest BCUT2D eigenvalue weighted by Gasteiger charge is 2.34. The average molecular weight is 495 g/mol. The minimum absolute atomic E-state index is 0.0557. The van der Waals surface area contributed by atoms with Gasteiger partial charge in [-0.25, -0.2) is 0 Å². The van der Waals surface area contributed by atoms with Gasteiger partial charge in [-0.3, -0.25) is 9.48 Å². The van der Waals surface area contributed by atoms with Crippen LogP contribution >= 0.6 is 0 Å². The number of aryl methyl sites for hydroxylation is 1. The number of ether oxygens (including phenoxy) is 2. The number of morpholine rings is 1. The zero-order valence-corrected chi connectivity index (χ0v) is 22.6. The van der Waals surface area contributed by atoms with E-state index in [4.69, 9.17) is 14.6 Å². The second-order valence-corrected chi connectivity index (χ2v) is 11.1. The molecule has 3 aliphatic rings. The number of methoxy groups -OCH3 is 1. The van der Waals surface area contributed by atoms with Crippen LogP contribution in [0.25, 0.3) is 0 Å². The number of rotatable bonds is 6. The van der Waals surface area contributed by atoms with Crippen LogP contribution in [0, 0.1) is 19.8 Å². The number of carbonyl (C=O) groups excluding carboxylic acids is 1. The van der Waals surface area contributed by atoms with Gasteiger partial charge in [-0.1, -0.05) is 12.1 Å². The van der Waals surface area contributed by atoms with E-state index in [1.54, 1.807) is 0 Å². The maximum atomic E-state index is 13.5. The van der Waals surface area contributed by atoms with Gasteiger partial charge < -0.3 is 19.3 Å². The van der Waals surface area contributed by atoms with Crippen LogP contribution in [0.2, 0.25) is 0 Å². The highest BCUT2D eigenvalue weighted by molar-refractivity contribution is 5.94. The molecule has 5 rings (SSSR count). The van der Waals surface area contributed by atoms with E-state index in [2.05, 4.69) is 41.6 Å². The predicted octanol–water partition coefficient (Wildman–Crippen LogP) is 4.17. The highest BCUT2D eigenvalue weighted by atomic mass is 16.5. The van der Waals surface area contributed by atoms with Crippen molar-refractivity contribution in [3.8, 4) is 0 Å². The summed E-state index contributed by atoms with van der Waals surface area (Å²) in [5.41, 5.74) is 7.15. The third kappa shape index (κ3) is 4.92. The number of hydrogen-bond acceptors (Lipinski definition) is 5. The van der Waals surface area contributed by atoms with Crippen LogP contribution in [-0.4, -0.2) is 72.2 Å². The van der Waals surface area contributed by atoms with E-state index < -0.39 is 0 Å². The van der Waals surface area contributed by atoms with Crippen LogP contribution in [0.5, 0.6) is 0 Å². The second-order valence-electron chi connectivity index (χ2n) is 11.1. The summed E-state index contributed by atoms with van der Waals surface area (Å²) in [5, 5.41) is 4.92. The third-order valence-electron chi connectivity index (χ3n) is 8.55. The number of aromatic nitrogens is 2. The van der Waals surface area contributed by atoms with Gasteiger partial charge in [-0.05, 0) is 82.9 Å². The van der Waals surface area contributed by atoms with Crippen LogP contribution in [0.15, 0.2) is 18.2 Å². The first-order valence-corrected chi connectivity index (χ1v) is 13.7. The van der Waals surface area contributed by atoms with Crippen molar-refractivity contribution in [2.24, 2.45) is 5.92 Å². The Bertz CT molecular complexity index is 1080. The first-order chi connectivity index (χ1) is 17.4. The number of hydrogen-bond donors (Lipinski definition) is 0. The SMILES string of the molecule is CO[C@@H](Cn1nc(C(=O)N2C[C@@H](C)O[C@@H](C)C2)c2c1CCC2)C1CCN(c2cccc(C)c2C)CC1. The van der Waals surface area contributed by atoms with Gasteiger partial charge in [0.15, 0.2) is 5.69 Å². The summed E-state index contributed by atoms with van der Waals surface area (Å²) < 4.78 is 14.0. The number of piperidine rings is 1. The molecular formula is C29H42N4O3. The number of benzene rings is 1. The topological polar surface area (TPSA) is 59.8 Å². The van der Waals surface area contributed by atoms with Gasteiger partial charge >= 0.3 is 0 Å². The molecule has 7 heteroatoms. The summed E-state index contributed by atoms with van der Waals surface area (Å²) in [6.07, 6.45) is 5.44. The minimum atomic E-state index is 0.0557. The molecule has 3 heterocycles. The van der Waals surface area contributed by atoms with Crippen molar-refractivity contribution >= 4 is 11.6 Å². The van der Waals surface area contributed by atoms with Crippen molar-refractivity contribution in [3.05, 3.63) is 46.3 Å². The fourth-order valence-electron chi connectivity index (χ4n) is 6.50. The summed E-state index contributed by atoms with van der Waals surface area (Å²) in [7, 11) is 1.83. The van der Waals surface area contributed by atoms with Crippen molar-refractivity contribution < 1.29 is 14.3 Å². The molecule has 2 saturated heterocycles. The molecule has 1 amide bonds. The zero-order valence-electron chi connectivity index (χ0n) is 22.6. The molecule has 0 unspecified atom stereocenters. The van der Waals surface area contributed by atoms with Gasteiger partial charge in [0.25, 0.3) is 5.91 Å². The molecule has 1 aliphatic carbocycles. The molecular weight excluding hydrogens is 452 g/mol. The average Bonchev–Trinajstić information content (AvgIpc) is 3.47. The number of fused-ring (bicyclic) bond motifs is 1. The van der Waals surface area contributed by atoms with E-state index in [1.807, 2.05) is 25.9 Å². The molecule has 1 aromatic carbocycles. The summed E-state index contributed by atoms with van der Waals surface area (Å²) in [5.74, 6) is 0.544. The summed E-state index contributed by atoms with van der Waals surface area (Å²) in [6, 6.07) is 6.60. The van der Waals surface area contributed by atoms with Crippen molar-refractivity contribution in [1.82, 2.24) is 14.7 Å². The molecule has 1 aromatic heterocycles. The van der Waals surface area contributed by atoms with Gasteiger partial charge in [0, 0.05) is 50.2 Å². The smallest absolute Gasteiger partial charge is 0.274 e. The van der Waals surface area contributed by atoms with E-state index in [1.165, 1.54) is 22.5 Å². The third-order valence-corrected chi connectivity index (χ3v) is 8.55. The molecule has 0 bridgehead atoms. The molecule has 196 valence electrons. The molecule has 7 nitrogen and oxygen atoms in total. The summed E-state index contributed by atoms with van der Waals surface area (Å²) >= 11 is 0. The van der Waals surface area contributed by atoms with Crippen LogP contribution < -0.4 is 4.90 Å². The molecule has 0 spiro atoms. The Kier molecular flexibility index (Phi) is 7.40. The zero-order chi connectivity index (χ0) is 25.4. The predicted molar refractivity (Wildman–Crippen MR) is 142 cm³/mol. The Balaban J connectivity index is 1.28. The Morgan fingerprint density at radius 2 is 1.86 bits per heavy atom. The van der Waals surface area contributed by atoms with E-state index in [9.17, 15) is 4.79 Å². The molecule has 0 N–H and O–H groups in total. The van der Waals surface area contributed by atoms with Crippen molar-refractivity contribution in [2.45, 2.75) is 84.7 Å². The lowest BCUT2D eigenvalue weighted by atomic mass is 9.90. The van der Waals surface area contributed by atoms with Crippen molar-refractivity contribution in [3.63, 3.8) is 0 Å². The summed E-state index contributed by atoms with van der Waals surface area (Å²) in [6.45, 7) is 12.6. The van der Waals surface area contributed by atoms with Crippen LogP contribution in [-0.2, 0) is 28.9 Å². The second kappa shape index (κ2) is 10.5. The van der Waals surface area contributed by atoms with E-state index >= 15 is 0 Å². The standard InChI is InChI=1S/C29H42N4O3/c1-19-8-6-10-25(22(19)4)31-14-12-23(13-15-31)27(35-5)18-33-26-11-7-9-24(26)28(30-33)29(34)32-16-20(2)36-21(3)17-32/h6,8,10,20-21,23,27H,7,9,11-18H2,1-5H3/t20-,21+,27-/m0/s1.